The SMILES string of the molecule is OCCSCCCCCO[C@@H]1O[C@H](CO)[C@@H](O)[C@H](O)[C@H]1O. The van der Waals surface area contributed by atoms with Crippen molar-refractivity contribution in [3.05, 3.63) is 0 Å². The highest BCUT2D eigenvalue weighted by Gasteiger charge is 2.43. The van der Waals surface area contributed by atoms with Crippen molar-refractivity contribution in [2.24, 2.45) is 0 Å². The molecular weight excluding hydrogens is 300 g/mol. The molecule has 1 aliphatic rings. The number of rotatable bonds is 10. The first kappa shape index (κ1) is 19.1. The van der Waals surface area contributed by atoms with Crippen LogP contribution in [0.2, 0.25) is 0 Å². The summed E-state index contributed by atoms with van der Waals surface area (Å²) < 4.78 is 10.6. The van der Waals surface area contributed by atoms with E-state index >= 15 is 0 Å². The van der Waals surface area contributed by atoms with Crippen LogP contribution < -0.4 is 0 Å². The Morgan fingerprint density at radius 2 is 1.67 bits per heavy atom. The van der Waals surface area contributed by atoms with Crippen LogP contribution >= 0.6 is 11.8 Å². The van der Waals surface area contributed by atoms with E-state index in [0.29, 0.717) is 6.61 Å². The lowest BCUT2D eigenvalue weighted by Crippen LogP contribution is -2.59. The van der Waals surface area contributed by atoms with E-state index in [1.54, 1.807) is 11.8 Å². The Bertz CT molecular complexity index is 267. The molecule has 7 nitrogen and oxygen atoms in total. The molecule has 5 N–H and O–H groups in total. The quantitative estimate of drug-likeness (QED) is 0.314. The Labute approximate surface area is 128 Å². The number of thioether (sulfide) groups is 1. The average Bonchev–Trinajstić information content (AvgIpc) is 2.49. The van der Waals surface area contributed by atoms with Crippen LogP contribution in [-0.4, -0.2) is 87.6 Å². The van der Waals surface area contributed by atoms with E-state index in [0.717, 1.165) is 30.8 Å². The minimum atomic E-state index is -1.39. The first-order chi connectivity index (χ1) is 10.1. The van der Waals surface area contributed by atoms with Crippen LogP contribution in [0.4, 0.5) is 0 Å². The second-order valence-electron chi connectivity index (χ2n) is 4.96. The number of aliphatic hydroxyl groups is 5. The lowest BCUT2D eigenvalue weighted by molar-refractivity contribution is -0.301. The maximum absolute atomic E-state index is 9.75. The highest BCUT2D eigenvalue weighted by molar-refractivity contribution is 7.99. The molecule has 0 saturated carbocycles. The maximum atomic E-state index is 9.75. The molecule has 0 bridgehead atoms. The number of ether oxygens (including phenoxy) is 2. The zero-order chi connectivity index (χ0) is 15.7. The molecule has 5 atom stereocenters. The maximum Gasteiger partial charge on any atom is 0.186 e. The van der Waals surface area contributed by atoms with Crippen molar-refractivity contribution in [2.75, 3.05) is 31.3 Å². The van der Waals surface area contributed by atoms with Gasteiger partial charge in [0.25, 0.3) is 0 Å². The summed E-state index contributed by atoms with van der Waals surface area (Å²) in [6, 6.07) is 0. The van der Waals surface area contributed by atoms with Gasteiger partial charge in [0.1, 0.15) is 24.4 Å². The number of aliphatic hydroxyl groups excluding tert-OH is 5. The number of unbranched alkanes of at least 4 members (excludes halogenated alkanes) is 2. The van der Waals surface area contributed by atoms with Crippen LogP contribution in [0.15, 0.2) is 0 Å². The van der Waals surface area contributed by atoms with Crippen molar-refractivity contribution >= 4 is 11.8 Å². The minimum Gasteiger partial charge on any atom is -0.396 e. The molecule has 1 fully saturated rings. The second kappa shape index (κ2) is 10.7. The van der Waals surface area contributed by atoms with Crippen LogP contribution in [0, 0.1) is 0 Å². The van der Waals surface area contributed by atoms with Gasteiger partial charge in [0.15, 0.2) is 6.29 Å². The summed E-state index contributed by atoms with van der Waals surface area (Å²) in [6.07, 6.45) is -3.28. The Morgan fingerprint density at radius 1 is 0.905 bits per heavy atom. The smallest absolute Gasteiger partial charge is 0.186 e. The van der Waals surface area contributed by atoms with E-state index < -0.39 is 37.3 Å². The van der Waals surface area contributed by atoms with Gasteiger partial charge < -0.3 is 35.0 Å². The molecule has 8 heteroatoms. The predicted octanol–water partition coefficient (Wildman–Crippen LogP) is -1.30. The third kappa shape index (κ3) is 6.37. The van der Waals surface area contributed by atoms with Gasteiger partial charge in [-0.1, -0.05) is 6.42 Å². The largest absolute Gasteiger partial charge is 0.396 e. The topological polar surface area (TPSA) is 120 Å². The van der Waals surface area contributed by atoms with Gasteiger partial charge in [-0.15, -0.1) is 0 Å². The van der Waals surface area contributed by atoms with E-state index in [9.17, 15) is 15.3 Å². The van der Waals surface area contributed by atoms with Crippen molar-refractivity contribution in [3.63, 3.8) is 0 Å². The van der Waals surface area contributed by atoms with Gasteiger partial charge in [-0.2, -0.15) is 11.8 Å². The lowest BCUT2D eigenvalue weighted by Gasteiger charge is -2.39. The molecule has 0 radical (unpaired) electrons. The zero-order valence-corrected chi connectivity index (χ0v) is 12.8. The summed E-state index contributed by atoms with van der Waals surface area (Å²) in [5.41, 5.74) is 0. The fraction of sp³-hybridized carbons (Fsp3) is 1.00. The molecule has 0 amide bonds. The summed E-state index contributed by atoms with van der Waals surface area (Å²) in [5, 5.41) is 46.6. The van der Waals surface area contributed by atoms with Gasteiger partial charge in [-0.3, -0.25) is 0 Å². The Kier molecular flexibility index (Phi) is 9.78. The molecule has 0 aliphatic carbocycles. The highest BCUT2D eigenvalue weighted by atomic mass is 32.2. The monoisotopic (exact) mass is 326 g/mol. The molecule has 0 aromatic heterocycles. The van der Waals surface area contributed by atoms with Crippen molar-refractivity contribution in [1.29, 1.82) is 0 Å². The van der Waals surface area contributed by atoms with Gasteiger partial charge in [-0.05, 0) is 18.6 Å². The van der Waals surface area contributed by atoms with Gasteiger partial charge >= 0.3 is 0 Å². The van der Waals surface area contributed by atoms with Crippen molar-refractivity contribution in [3.8, 4) is 0 Å². The molecule has 1 heterocycles. The van der Waals surface area contributed by atoms with Crippen LogP contribution in [0.3, 0.4) is 0 Å². The minimum absolute atomic E-state index is 0.199. The lowest BCUT2D eigenvalue weighted by atomic mass is 9.99. The van der Waals surface area contributed by atoms with Crippen molar-refractivity contribution in [2.45, 2.75) is 50.0 Å². The normalized spacial score (nSPS) is 33.3. The molecule has 21 heavy (non-hydrogen) atoms. The van der Waals surface area contributed by atoms with Crippen molar-refractivity contribution in [1.82, 2.24) is 0 Å². The standard InChI is InChI=1S/C13H26O7S/c14-4-7-21-6-3-1-2-5-19-13-12(18)11(17)10(16)9(8-15)20-13/h9-18H,1-8H2/t9-,10-,11+,12-,13-/m1/s1. The Morgan fingerprint density at radius 3 is 2.33 bits per heavy atom. The van der Waals surface area contributed by atoms with Crippen LogP contribution in [0.25, 0.3) is 0 Å². The third-order valence-electron chi connectivity index (χ3n) is 3.30. The fourth-order valence-electron chi connectivity index (χ4n) is 2.05. The summed E-state index contributed by atoms with van der Waals surface area (Å²) >= 11 is 1.70. The van der Waals surface area contributed by atoms with Crippen LogP contribution in [0.1, 0.15) is 19.3 Å². The molecule has 0 aromatic rings. The highest BCUT2D eigenvalue weighted by Crippen LogP contribution is 2.22. The average molecular weight is 326 g/mol. The molecular formula is C13H26O7S. The zero-order valence-electron chi connectivity index (χ0n) is 12.0. The summed E-state index contributed by atoms with van der Waals surface area (Å²) in [4.78, 5) is 0. The second-order valence-corrected chi connectivity index (χ2v) is 6.19. The van der Waals surface area contributed by atoms with Crippen LogP contribution in [0.5, 0.6) is 0 Å². The van der Waals surface area contributed by atoms with E-state index in [1.165, 1.54) is 0 Å². The first-order valence-electron chi connectivity index (χ1n) is 7.22. The van der Waals surface area contributed by atoms with E-state index in [2.05, 4.69) is 0 Å². The van der Waals surface area contributed by atoms with Gasteiger partial charge in [0, 0.05) is 12.4 Å². The molecule has 0 spiro atoms. The fourth-order valence-corrected chi connectivity index (χ4v) is 2.80. The molecule has 126 valence electrons. The first-order valence-corrected chi connectivity index (χ1v) is 8.38. The molecule has 1 rings (SSSR count). The summed E-state index contributed by atoms with van der Waals surface area (Å²) in [6.45, 7) is 0.116. The van der Waals surface area contributed by atoms with E-state index in [1.807, 2.05) is 0 Å². The predicted molar refractivity (Wildman–Crippen MR) is 78.0 cm³/mol. The molecule has 0 aromatic carbocycles. The third-order valence-corrected chi connectivity index (χ3v) is 4.35. The number of hydrogen-bond acceptors (Lipinski definition) is 8. The Balaban J connectivity index is 2.16. The Hall–Kier alpha value is 0.0700. The summed E-state index contributed by atoms with van der Waals surface area (Å²) in [5.74, 6) is 1.74. The van der Waals surface area contributed by atoms with Crippen LogP contribution in [-0.2, 0) is 9.47 Å². The van der Waals surface area contributed by atoms with Crippen molar-refractivity contribution < 1.29 is 35.0 Å². The molecule has 1 aliphatic heterocycles. The van der Waals surface area contributed by atoms with Gasteiger partial charge in [-0.25, -0.2) is 0 Å². The van der Waals surface area contributed by atoms with Gasteiger partial charge in [0.2, 0.25) is 0 Å². The van der Waals surface area contributed by atoms with E-state index in [-0.39, 0.29) is 6.61 Å². The van der Waals surface area contributed by atoms with E-state index in [4.69, 9.17) is 19.7 Å². The number of hydrogen-bond donors (Lipinski definition) is 5. The molecule has 0 unspecified atom stereocenters. The molecule has 1 saturated heterocycles. The summed E-state index contributed by atoms with van der Waals surface area (Å²) in [7, 11) is 0. The van der Waals surface area contributed by atoms with Gasteiger partial charge in [0.05, 0.1) is 13.2 Å².